The maximum absolute atomic E-state index is 14.9. The van der Waals surface area contributed by atoms with Gasteiger partial charge in [0.25, 0.3) is 0 Å². The molecule has 9 heteroatoms. The van der Waals surface area contributed by atoms with E-state index >= 15 is 0 Å². The molecule has 0 aliphatic carbocycles. The Labute approximate surface area is 189 Å². The lowest BCUT2D eigenvalue weighted by atomic mass is 10.0. The van der Waals surface area contributed by atoms with Crippen LogP contribution >= 0.6 is 0 Å². The molecule has 3 aromatic rings. The topological polar surface area (TPSA) is 75.9 Å². The Bertz CT molecular complexity index is 1210. The van der Waals surface area contributed by atoms with Gasteiger partial charge in [0.05, 0.1) is 29.0 Å². The van der Waals surface area contributed by atoms with Gasteiger partial charge in [0.15, 0.2) is 0 Å². The van der Waals surface area contributed by atoms with Crippen molar-refractivity contribution in [2.75, 3.05) is 26.7 Å². The Morgan fingerprint density at radius 3 is 2.84 bits per heavy atom. The zero-order valence-corrected chi connectivity index (χ0v) is 19.5. The molecule has 0 spiro atoms. The zero-order chi connectivity index (χ0) is 23.0. The highest BCUT2D eigenvalue weighted by atomic mass is 32.2. The van der Waals surface area contributed by atoms with Crippen LogP contribution in [0.5, 0.6) is 0 Å². The number of pyridine rings is 1. The highest BCUT2D eigenvalue weighted by Gasteiger charge is 2.26. The number of nitrogens with one attached hydrogen (secondary N) is 1. The maximum atomic E-state index is 14.9. The summed E-state index contributed by atoms with van der Waals surface area (Å²) in [5.41, 5.74) is 4.81. The molecule has 3 heterocycles. The summed E-state index contributed by atoms with van der Waals surface area (Å²) in [5, 5.41) is 0. The van der Waals surface area contributed by atoms with Crippen molar-refractivity contribution in [1.29, 1.82) is 0 Å². The molecule has 0 saturated carbocycles. The summed E-state index contributed by atoms with van der Waals surface area (Å²) in [7, 11) is -0.0987. The lowest BCUT2D eigenvalue weighted by Gasteiger charge is -2.32. The normalized spacial score (nSPS) is 17.7. The number of hydrogen-bond acceptors (Lipinski definition) is 4. The van der Waals surface area contributed by atoms with Crippen molar-refractivity contribution in [3.05, 3.63) is 53.1 Å². The van der Waals surface area contributed by atoms with Crippen LogP contribution in [0.25, 0.3) is 16.9 Å². The fourth-order valence-corrected chi connectivity index (χ4v) is 4.85. The SMILES string of the molecule is CNS(=O)c1cc(C)c(-c2nc3cc(C)ccn3c2C[C@H]2CN(C(C)=O)CCO2)cc1F. The van der Waals surface area contributed by atoms with Crippen molar-refractivity contribution in [3.63, 3.8) is 0 Å². The van der Waals surface area contributed by atoms with Gasteiger partial charge < -0.3 is 14.0 Å². The second kappa shape index (κ2) is 9.09. The van der Waals surface area contributed by atoms with E-state index in [1.54, 1.807) is 17.9 Å². The third-order valence-electron chi connectivity index (χ3n) is 5.80. The lowest BCUT2D eigenvalue weighted by molar-refractivity contribution is -0.136. The molecule has 1 aliphatic rings. The number of aromatic nitrogens is 2. The van der Waals surface area contributed by atoms with Gasteiger partial charge in [0.2, 0.25) is 5.91 Å². The molecule has 2 aromatic heterocycles. The number of ether oxygens (including phenoxy) is 1. The van der Waals surface area contributed by atoms with E-state index in [1.165, 1.54) is 13.1 Å². The van der Waals surface area contributed by atoms with Crippen LogP contribution in [0.4, 0.5) is 4.39 Å². The van der Waals surface area contributed by atoms with Gasteiger partial charge in [-0.05, 0) is 56.3 Å². The Morgan fingerprint density at radius 1 is 1.34 bits per heavy atom. The molecule has 1 unspecified atom stereocenters. The summed E-state index contributed by atoms with van der Waals surface area (Å²) < 4.78 is 37.5. The smallest absolute Gasteiger partial charge is 0.219 e. The van der Waals surface area contributed by atoms with Crippen LogP contribution in [-0.4, -0.2) is 57.2 Å². The number of fused-ring (bicyclic) bond motifs is 1. The number of amides is 1. The minimum absolute atomic E-state index is 0.0262. The largest absolute Gasteiger partial charge is 0.374 e. The second-order valence-electron chi connectivity index (χ2n) is 8.07. The highest BCUT2D eigenvalue weighted by molar-refractivity contribution is 7.83. The standard InChI is InChI=1S/C23H27FN4O3S/c1-14-5-6-28-20(11-17-13-27(16(3)29)7-8-31-17)23(26-22(28)9-14)18-12-19(24)21(10-15(18)2)32(30)25-4/h5-6,9-10,12,17,25H,7-8,11,13H2,1-4H3/t17-,32?/m0/s1. The molecular formula is C23H27FN4O3S. The number of benzene rings is 1. The molecule has 1 N–H and O–H groups in total. The van der Waals surface area contributed by atoms with E-state index in [-0.39, 0.29) is 16.9 Å². The first-order chi connectivity index (χ1) is 15.3. The Morgan fingerprint density at radius 2 is 2.12 bits per heavy atom. The summed E-state index contributed by atoms with van der Waals surface area (Å²) in [6.45, 7) is 6.98. The minimum atomic E-state index is -1.62. The molecule has 0 radical (unpaired) electrons. The average molecular weight is 459 g/mol. The quantitative estimate of drug-likeness (QED) is 0.638. The third-order valence-corrected chi connectivity index (χ3v) is 6.89. The van der Waals surface area contributed by atoms with Gasteiger partial charge in [0, 0.05) is 38.2 Å². The minimum Gasteiger partial charge on any atom is -0.374 e. The van der Waals surface area contributed by atoms with E-state index in [9.17, 15) is 13.4 Å². The van der Waals surface area contributed by atoms with Crippen LogP contribution < -0.4 is 4.72 Å². The molecule has 7 nitrogen and oxygen atoms in total. The van der Waals surface area contributed by atoms with E-state index in [4.69, 9.17) is 9.72 Å². The van der Waals surface area contributed by atoms with E-state index in [0.29, 0.717) is 37.4 Å². The fourth-order valence-electron chi connectivity index (χ4n) is 4.11. The van der Waals surface area contributed by atoms with Crippen LogP contribution in [0, 0.1) is 19.7 Å². The predicted octanol–water partition coefficient (Wildman–Crippen LogP) is 2.79. The van der Waals surface area contributed by atoms with Crippen LogP contribution in [-0.2, 0) is 26.9 Å². The third kappa shape index (κ3) is 4.32. The zero-order valence-electron chi connectivity index (χ0n) is 18.6. The Kier molecular flexibility index (Phi) is 6.41. The summed E-state index contributed by atoms with van der Waals surface area (Å²) >= 11 is 0. The lowest BCUT2D eigenvalue weighted by Crippen LogP contribution is -2.45. The maximum Gasteiger partial charge on any atom is 0.219 e. The molecule has 1 saturated heterocycles. The first kappa shape index (κ1) is 22.6. The van der Waals surface area contributed by atoms with Crippen LogP contribution in [0.3, 0.4) is 0 Å². The van der Waals surface area contributed by atoms with Gasteiger partial charge in [-0.2, -0.15) is 0 Å². The molecule has 0 bridgehead atoms. The molecular weight excluding hydrogens is 431 g/mol. The molecule has 1 amide bonds. The van der Waals surface area contributed by atoms with Crippen molar-refractivity contribution in [1.82, 2.24) is 19.0 Å². The molecule has 1 aromatic carbocycles. The number of morpholine rings is 1. The number of imidazole rings is 1. The molecule has 1 aliphatic heterocycles. The first-order valence-corrected chi connectivity index (χ1v) is 11.7. The van der Waals surface area contributed by atoms with E-state index in [0.717, 1.165) is 22.5 Å². The average Bonchev–Trinajstić information content (AvgIpc) is 3.11. The number of hydrogen-bond donors (Lipinski definition) is 1. The molecule has 1 fully saturated rings. The monoisotopic (exact) mass is 458 g/mol. The number of rotatable bonds is 5. The molecule has 32 heavy (non-hydrogen) atoms. The summed E-state index contributed by atoms with van der Waals surface area (Å²) in [6, 6.07) is 6.98. The molecule has 4 rings (SSSR count). The van der Waals surface area contributed by atoms with Gasteiger partial charge in [-0.3, -0.25) is 4.79 Å². The van der Waals surface area contributed by atoms with E-state index in [2.05, 4.69) is 4.72 Å². The predicted molar refractivity (Wildman–Crippen MR) is 121 cm³/mol. The Balaban J connectivity index is 1.81. The summed E-state index contributed by atoms with van der Waals surface area (Å²) in [5.74, 6) is -0.521. The van der Waals surface area contributed by atoms with Crippen LogP contribution in [0.15, 0.2) is 35.4 Å². The highest BCUT2D eigenvalue weighted by Crippen LogP contribution is 2.32. The van der Waals surface area contributed by atoms with Crippen LogP contribution in [0.1, 0.15) is 23.7 Å². The summed E-state index contributed by atoms with van der Waals surface area (Å²) in [4.78, 5) is 18.6. The second-order valence-corrected chi connectivity index (χ2v) is 9.46. The van der Waals surface area contributed by atoms with Crippen molar-refractivity contribution in [3.8, 4) is 11.3 Å². The number of halogens is 1. The number of nitrogens with zero attached hydrogens (tertiary/aromatic N) is 3. The number of carbonyl (C=O) groups excluding carboxylic acids is 1. The van der Waals surface area contributed by atoms with E-state index in [1.807, 2.05) is 36.6 Å². The van der Waals surface area contributed by atoms with Crippen molar-refractivity contribution in [2.24, 2.45) is 0 Å². The first-order valence-electron chi connectivity index (χ1n) is 10.5. The van der Waals surface area contributed by atoms with Gasteiger partial charge in [0.1, 0.15) is 22.5 Å². The molecule has 2 atom stereocenters. The molecule has 170 valence electrons. The fraction of sp³-hybridized carbons (Fsp3) is 0.391. The van der Waals surface area contributed by atoms with E-state index < -0.39 is 16.8 Å². The van der Waals surface area contributed by atoms with Crippen molar-refractivity contribution in [2.45, 2.75) is 38.2 Å². The van der Waals surface area contributed by atoms with Gasteiger partial charge >= 0.3 is 0 Å². The summed E-state index contributed by atoms with van der Waals surface area (Å²) in [6.07, 6.45) is 2.29. The van der Waals surface area contributed by atoms with Gasteiger partial charge in [-0.25, -0.2) is 18.3 Å². The number of aryl methyl sites for hydroxylation is 2. The Hall–Kier alpha value is -2.62. The van der Waals surface area contributed by atoms with Crippen LogP contribution in [0.2, 0.25) is 0 Å². The van der Waals surface area contributed by atoms with Crippen molar-refractivity contribution < 1.29 is 18.1 Å². The van der Waals surface area contributed by atoms with Crippen molar-refractivity contribution >= 4 is 22.5 Å². The number of carbonyl (C=O) groups is 1. The van der Waals surface area contributed by atoms with Gasteiger partial charge in [-0.15, -0.1) is 0 Å². The van der Waals surface area contributed by atoms with Gasteiger partial charge in [-0.1, -0.05) is 0 Å².